The summed E-state index contributed by atoms with van der Waals surface area (Å²) in [6, 6.07) is 20.7. The number of carbonyl (C=O) groups is 1. The largest absolute Gasteiger partial charge is 0.439 e. The molecule has 3 aromatic carbocycles. The Morgan fingerprint density at radius 3 is 2.58 bits per heavy atom. The van der Waals surface area contributed by atoms with E-state index in [1.165, 1.54) is 6.07 Å². The van der Waals surface area contributed by atoms with Crippen LogP contribution in [0.5, 0.6) is 0 Å². The van der Waals surface area contributed by atoms with Gasteiger partial charge in [0.15, 0.2) is 5.76 Å². The van der Waals surface area contributed by atoms with Crippen LogP contribution in [0, 0.1) is 5.82 Å². The van der Waals surface area contributed by atoms with Gasteiger partial charge in [-0.2, -0.15) is 0 Å². The molecule has 0 atom stereocenters. The van der Waals surface area contributed by atoms with Crippen LogP contribution in [0.15, 0.2) is 83.4 Å². The van der Waals surface area contributed by atoms with E-state index in [0.717, 1.165) is 11.3 Å². The molecule has 1 heterocycles. The van der Waals surface area contributed by atoms with Crippen LogP contribution in [0.1, 0.15) is 21.8 Å². The van der Waals surface area contributed by atoms with Crippen LogP contribution < -0.4 is 10.6 Å². The molecule has 0 spiro atoms. The molecule has 0 unspecified atom stereocenters. The second-order valence-corrected chi connectivity index (χ2v) is 7.27. The van der Waals surface area contributed by atoms with Gasteiger partial charge in [0.1, 0.15) is 5.82 Å². The summed E-state index contributed by atoms with van der Waals surface area (Å²) in [4.78, 5) is 16.6. The minimum Gasteiger partial charge on any atom is -0.439 e. The number of nitrogens with one attached hydrogen (secondary N) is 2. The van der Waals surface area contributed by atoms with Crippen LogP contribution in [0.3, 0.4) is 0 Å². The summed E-state index contributed by atoms with van der Waals surface area (Å²) in [5.41, 5.74) is 2.60. The highest BCUT2D eigenvalue weighted by Crippen LogP contribution is 2.23. The van der Waals surface area contributed by atoms with Crippen molar-refractivity contribution in [2.24, 2.45) is 0 Å². The number of aromatic nitrogens is 1. The van der Waals surface area contributed by atoms with Crippen molar-refractivity contribution in [1.82, 2.24) is 10.3 Å². The zero-order valence-corrected chi connectivity index (χ0v) is 17.2. The van der Waals surface area contributed by atoms with Gasteiger partial charge in [-0.3, -0.25) is 4.79 Å². The van der Waals surface area contributed by atoms with Gasteiger partial charge >= 0.3 is 0 Å². The van der Waals surface area contributed by atoms with Crippen molar-refractivity contribution in [2.45, 2.75) is 13.1 Å². The van der Waals surface area contributed by atoms with E-state index in [2.05, 4.69) is 15.6 Å². The normalized spacial score (nSPS) is 10.6. The van der Waals surface area contributed by atoms with E-state index in [1.54, 1.807) is 54.7 Å². The molecular weight excluding hydrogens is 417 g/mol. The van der Waals surface area contributed by atoms with Crippen molar-refractivity contribution in [1.29, 1.82) is 0 Å². The first-order chi connectivity index (χ1) is 15.1. The van der Waals surface area contributed by atoms with Gasteiger partial charge in [-0.05, 0) is 42.5 Å². The van der Waals surface area contributed by atoms with Gasteiger partial charge in [0.2, 0.25) is 5.89 Å². The molecule has 7 heteroatoms. The summed E-state index contributed by atoms with van der Waals surface area (Å²) in [5, 5.41) is 6.56. The second-order valence-electron chi connectivity index (χ2n) is 6.83. The van der Waals surface area contributed by atoms with Crippen LogP contribution >= 0.6 is 11.6 Å². The molecule has 0 aliphatic heterocycles. The summed E-state index contributed by atoms with van der Waals surface area (Å²) >= 11 is 6.02. The van der Waals surface area contributed by atoms with Gasteiger partial charge in [0.05, 0.1) is 12.7 Å². The van der Waals surface area contributed by atoms with Gasteiger partial charge in [-0.1, -0.05) is 41.9 Å². The predicted octanol–water partition coefficient (Wildman–Crippen LogP) is 5.68. The lowest BCUT2D eigenvalue weighted by molar-refractivity contribution is 0.0950. The summed E-state index contributed by atoms with van der Waals surface area (Å²) in [7, 11) is 0. The number of carbonyl (C=O) groups excluding carboxylic acids is 1. The highest BCUT2D eigenvalue weighted by atomic mass is 35.5. The number of anilines is 1. The Labute approximate surface area is 183 Å². The molecule has 0 saturated heterocycles. The number of halogens is 2. The lowest BCUT2D eigenvalue weighted by Crippen LogP contribution is -2.23. The van der Waals surface area contributed by atoms with Crippen LogP contribution in [0.4, 0.5) is 10.1 Å². The third kappa shape index (κ3) is 5.29. The zero-order valence-electron chi connectivity index (χ0n) is 16.4. The van der Waals surface area contributed by atoms with Crippen LogP contribution in [0.25, 0.3) is 11.3 Å². The Bertz CT molecular complexity index is 1190. The van der Waals surface area contributed by atoms with Gasteiger partial charge in [-0.25, -0.2) is 9.37 Å². The minimum absolute atomic E-state index is 0.130. The van der Waals surface area contributed by atoms with E-state index >= 15 is 0 Å². The summed E-state index contributed by atoms with van der Waals surface area (Å²) in [5.74, 6) is 0.559. The first kappa shape index (κ1) is 20.6. The molecule has 1 amide bonds. The molecule has 0 radical (unpaired) electrons. The topological polar surface area (TPSA) is 67.2 Å². The third-order valence-corrected chi connectivity index (χ3v) is 4.89. The van der Waals surface area contributed by atoms with Crippen molar-refractivity contribution in [3.05, 3.63) is 107 Å². The fourth-order valence-electron chi connectivity index (χ4n) is 3.00. The average molecular weight is 436 g/mol. The first-order valence-corrected chi connectivity index (χ1v) is 10.0. The molecular formula is C24H19ClFN3O2. The highest BCUT2D eigenvalue weighted by molar-refractivity contribution is 6.30. The van der Waals surface area contributed by atoms with Crippen molar-refractivity contribution in [3.8, 4) is 11.3 Å². The molecule has 0 bridgehead atoms. The van der Waals surface area contributed by atoms with E-state index < -0.39 is 0 Å². The van der Waals surface area contributed by atoms with E-state index in [1.807, 2.05) is 18.2 Å². The van der Waals surface area contributed by atoms with E-state index in [9.17, 15) is 9.18 Å². The summed E-state index contributed by atoms with van der Waals surface area (Å²) < 4.78 is 19.4. The Balaban J connectivity index is 1.32. The maximum absolute atomic E-state index is 13.7. The van der Waals surface area contributed by atoms with Gasteiger partial charge in [-0.15, -0.1) is 0 Å². The monoisotopic (exact) mass is 435 g/mol. The molecule has 1 aromatic heterocycles. The smallest absolute Gasteiger partial charge is 0.251 e. The van der Waals surface area contributed by atoms with Crippen molar-refractivity contribution < 1.29 is 13.6 Å². The molecule has 4 aromatic rings. The summed E-state index contributed by atoms with van der Waals surface area (Å²) in [6.45, 7) is 0.518. The molecule has 4 rings (SSSR count). The number of hydrogen-bond acceptors (Lipinski definition) is 4. The lowest BCUT2D eigenvalue weighted by atomic mass is 10.1. The second kappa shape index (κ2) is 9.45. The first-order valence-electron chi connectivity index (χ1n) is 9.65. The highest BCUT2D eigenvalue weighted by Gasteiger charge is 2.09. The predicted molar refractivity (Wildman–Crippen MR) is 118 cm³/mol. The van der Waals surface area contributed by atoms with E-state index in [4.69, 9.17) is 16.0 Å². The molecule has 5 nitrogen and oxygen atoms in total. The maximum atomic E-state index is 13.7. The number of oxazole rings is 1. The summed E-state index contributed by atoms with van der Waals surface area (Å²) in [6.07, 6.45) is 1.66. The maximum Gasteiger partial charge on any atom is 0.251 e. The molecule has 0 fully saturated rings. The Morgan fingerprint density at radius 2 is 1.81 bits per heavy atom. The average Bonchev–Trinajstić information content (AvgIpc) is 3.26. The van der Waals surface area contributed by atoms with Crippen molar-refractivity contribution >= 4 is 23.2 Å². The Hall–Kier alpha value is -3.64. The van der Waals surface area contributed by atoms with Gasteiger partial charge in [0, 0.05) is 33.9 Å². The minimum atomic E-state index is -0.340. The quantitative estimate of drug-likeness (QED) is 0.392. The number of nitrogens with zero attached hydrogens (tertiary/aromatic N) is 1. The third-order valence-electron chi connectivity index (χ3n) is 4.65. The van der Waals surface area contributed by atoms with Gasteiger partial charge < -0.3 is 15.1 Å². The number of amides is 1. The SMILES string of the molecule is O=C(NCc1ccccc1F)c1ccc(NCc2ncc(-c3cccc(Cl)c3)o2)cc1. The molecule has 0 saturated carbocycles. The van der Waals surface area contributed by atoms with Crippen LogP contribution in [0.2, 0.25) is 5.02 Å². The molecule has 156 valence electrons. The Morgan fingerprint density at radius 1 is 1.00 bits per heavy atom. The van der Waals surface area contributed by atoms with Crippen LogP contribution in [-0.4, -0.2) is 10.9 Å². The van der Waals surface area contributed by atoms with Gasteiger partial charge in [0.25, 0.3) is 5.91 Å². The van der Waals surface area contributed by atoms with Crippen molar-refractivity contribution in [3.63, 3.8) is 0 Å². The number of hydrogen-bond donors (Lipinski definition) is 2. The zero-order chi connectivity index (χ0) is 21.6. The molecule has 0 aliphatic rings. The Kier molecular flexibility index (Phi) is 6.29. The fraction of sp³-hybridized carbons (Fsp3) is 0.0833. The molecule has 0 aliphatic carbocycles. The lowest BCUT2D eigenvalue weighted by Gasteiger charge is -2.08. The van der Waals surface area contributed by atoms with Crippen LogP contribution in [-0.2, 0) is 13.1 Å². The van der Waals surface area contributed by atoms with E-state index in [-0.39, 0.29) is 18.3 Å². The van der Waals surface area contributed by atoms with E-state index in [0.29, 0.717) is 34.3 Å². The standard InChI is InChI=1S/C24H19ClFN3O2/c25-19-6-3-5-17(12-19)22-14-28-23(31-22)15-27-20-10-8-16(9-11-20)24(30)29-13-18-4-1-2-7-21(18)26/h1-12,14,27H,13,15H2,(H,29,30). The molecule has 2 N–H and O–H groups in total. The number of rotatable bonds is 7. The van der Waals surface area contributed by atoms with Crippen molar-refractivity contribution in [2.75, 3.05) is 5.32 Å². The fourth-order valence-corrected chi connectivity index (χ4v) is 3.19. The number of benzene rings is 3. The molecule has 31 heavy (non-hydrogen) atoms.